The van der Waals surface area contributed by atoms with Crippen LogP contribution < -0.4 is 5.73 Å². The molecule has 0 bridgehead atoms. The summed E-state index contributed by atoms with van der Waals surface area (Å²) in [6, 6.07) is 0. The van der Waals surface area contributed by atoms with Crippen LogP contribution in [0, 0.1) is 0 Å². The van der Waals surface area contributed by atoms with Crippen LogP contribution in [0.4, 0.5) is 0 Å². The third kappa shape index (κ3) is 5.94. The summed E-state index contributed by atoms with van der Waals surface area (Å²) >= 11 is 2.02. The minimum atomic E-state index is -0.382. The Kier molecular flexibility index (Phi) is 2.98. The Morgan fingerprint density at radius 3 is 2.29 bits per heavy atom. The number of carbonyl (C=O) groups excluding carboxylic acids is 1. The average Bonchev–Trinajstić information content (AvgIpc) is 1.27. The van der Waals surface area contributed by atoms with Gasteiger partial charge in [-0.25, -0.2) is 0 Å². The zero-order chi connectivity index (χ0) is 5.86. The summed E-state index contributed by atoms with van der Waals surface area (Å²) in [4.78, 5) is 9.95. The van der Waals surface area contributed by atoms with Crippen LogP contribution in [-0.2, 0) is 4.79 Å². The molecule has 0 radical (unpaired) electrons. The zero-order valence-electron chi connectivity index (χ0n) is 3.94. The van der Waals surface area contributed by atoms with Crippen molar-refractivity contribution in [1.29, 1.82) is 0 Å². The highest BCUT2D eigenvalue weighted by Crippen LogP contribution is 2.00. The Hall–Kier alpha value is -0.0600. The van der Waals surface area contributed by atoms with Gasteiger partial charge in [0.05, 0.1) is 0 Å². The van der Waals surface area contributed by atoms with Crippen LogP contribution in [0.25, 0.3) is 0 Å². The van der Waals surface area contributed by atoms with E-state index < -0.39 is 0 Å². The van der Waals surface area contributed by atoms with Gasteiger partial charge in [-0.1, -0.05) is 0 Å². The average molecular weight is 211 g/mol. The third-order valence-corrected chi connectivity index (χ3v) is 0.653. The molecule has 0 aliphatic carbocycles. The second-order valence-corrected chi connectivity index (χ2v) is 2.84. The van der Waals surface area contributed by atoms with Crippen molar-refractivity contribution in [3.8, 4) is 0 Å². The van der Waals surface area contributed by atoms with Gasteiger partial charge in [0.25, 0.3) is 0 Å². The van der Waals surface area contributed by atoms with Crippen molar-refractivity contribution in [2.45, 2.75) is 6.92 Å². The zero-order valence-corrected chi connectivity index (χ0v) is 6.10. The van der Waals surface area contributed by atoms with Gasteiger partial charge in [0.2, 0.25) is 5.91 Å². The molecule has 0 aromatic carbocycles. The van der Waals surface area contributed by atoms with Gasteiger partial charge in [-0.2, -0.15) is 0 Å². The molecule has 0 spiro atoms. The summed E-state index contributed by atoms with van der Waals surface area (Å²) in [5.41, 5.74) is 4.77. The van der Waals surface area contributed by atoms with Crippen molar-refractivity contribution in [2.24, 2.45) is 5.73 Å². The van der Waals surface area contributed by atoms with Crippen LogP contribution in [0.3, 0.4) is 0 Å². The van der Waals surface area contributed by atoms with E-state index in [0.717, 1.165) is 3.58 Å². The van der Waals surface area contributed by atoms with Gasteiger partial charge < -0.3 is 5.73 Å². The molecule has 0 aromatic heterocycles. The predicted molar refractivity (Wildman–Crippen MR) is 37.0 cm³/mol. The molecule has 0 saturated heterocycles. The molecule has 0 unspecified atom stereocenters. The number of nitrogens with two attached hydrogens (primary N) is 1. The molecule has 0 fully saturated rings. The maximum Gasteiger partial charge on any atom is 0.242 e. The Labute approximate surface area is 55.9 Å². The Morgan fingerprint density at radius 1 is 1.86 bits per heavy atom. The number of primary amides is 1. The molecule has 0 aromatic rings. The molecule has 0 atom stereocenters. The van der Waals surface area contributed by atoms with Crippen LogP contribution in [0.15, 0.2) is 9.66 Å². The van der Waals surface area contributed by atoms with Crippen LogP contribution in [0.1, 0.15) is 6.92 Å². The summed E-state index contributed by atoms with van der Waals surface area (Å²) in [6.45, 7) is 1.81. The highest BCUT2D eigenvalue weighted by Gasteiger charge is 1.82. The maximum absolute atomic E-state index is 9.95. The minimum Gasteiger partial charge on any atom is -0.366 e. The van der Waals surface area contributed by atoms with Crippen molar-refractivity contribution in [2.75, 3.05) is 0 Å². The van der Waals surface area contributed by atoms with Crippen molar-refractivity contribution in [3.63, 3.8) is 0 Å². The molecule has 40 valence electrons. The molecule has 2 N–H and O–H groups in total. The van der Waals surface area contributed by atoms with Gasteiger partial charge in [0.1, 0.15) is 0 Å². The molecular formula is C4H6INO. The van der Waals surface area contributed by atoms with E-state index in [-0.39, 0.29) is 5.91 Å². The second-order valence-electron chi connectivity index (χ2n) is 1.13. The molecule has 0 saturated carbocycles. The molecule has 0 rings (SSSR count). The van der Waals surface area contributed by atoms with E-state index >= 15 is 0 Å². The number of hydrogen-bond donors (Lipinski definition) is 1. The lowest BCUT2D eigenvalue weighted by Gasteiger charge is -1.78. The van der Waals surface area contributed by atoms with E-state index in [1.807, 2.05) is 29.5 Å². The summed E-state index contributed by atoms with van der Waals surface area (Å²) < 4.78 is 0.908. The quantitative estimate of drug-likeness (QED) is 0.506. The first-order valence-electron chi connectivity index (χ1n) is 1.76. The van der Waals surface area contributed by atoms with Crippen molar-refractivity contribution >= 4 is 28.5 Å². The van der Waals surface area contributed by atoms with Gasteiger partial charge >= 0.3 is 0 Å². The van der Waals surface area contributed by atoms with E-state index in [9.17, 15) is 4.79 Å². The number of amides is 1. The lowest BCUT2D eigenvalue weighted by Crippen LogP contribution is -2.05. The summed E-state index contributed by atoms with van der Waals surface area (Å²) in [6.07, 6.45) is 1.38. The topological polar surface area (TPSA) is 43.1 Å². The highest BCUT2D eigenvalue weighted by molar-refractivity contribution is 14.1. The van der Waals surface area contributed by atoms with E-state index in [0.29, 0.717) is 0 Å². The first-order chi connectivity index (χ1) is 3.13. The second kappa shape index (κ2) is 3.01. The number of halogens is 1. The van der Waals surface area contributed by atoms with Crippen LogP contribution >= 0.6 is 22.6 Å². The fourth-order valence-corrected chi connectivity index (χ4v) is 0.503. The van der Waals surface area contributed by atoms with Crippen molar-refractivity contribution < 1.29 is 4.79 Å². The summed E-state index contributed by atoms with van der Waals surface area (Å²) in [7, 11) is 0. The van der Waals surface area contributed by atoms with E-state index in [2.05, 4.69) is 0 Å². The molecule has 2 nitrogen and oxygen atoms in total. The molecule has 1 amide bonds. The van der Waals surface area contributed by atoms with Crippen LogP contribution in [-0.4, -0.2) is 5.91 Å². The molecule has 0 aliphatic rings. The predicted octanol–water partition coefficient (Wildman–Crippen LogP) is 0.811. The lowest BCUT2D eigenvalue weighted by atomic mass is 10.5. The number of allylic oxidation sites excluding steroid dienone is 1. The fourth-order valence-electron chi connectivity index (χ4n) is 0.196. The number of hydrogen-bond acceptors (Lipinski definition) is 1. The number of carbonyl (C=O) groups is 1. The van der Waals surface area contributed by atoms with Gasteiger partial charge in [-0.05, 0) is 33.1 Å². The summed E-state index contributed by atoms with van der Waals surface area (Å²) in [5, 5.41) is 0. The minimum absolute atomic E-state index is 0.382. The van der Waals surface area contributed by atoms with E-state index in [1.54, 1.807) is 0 Å². The van der Waals surface area contributed by atoms with Gasteiger partial charge in [0, 0.05) is 6.08 Å². The number of rotatable bonds is 1. The largest absolute Gasteiger partial charge is 0.366 e. The molecule has 0 heterocycles. The maximum atomic E-state index is 9.95. The molecular weight excluding hydrogens is 205 g/mol. The van der Waals surface area contributed by atoms with Gasteiger partial charge in [0.15, 0.2) is 0 Å². The van der Waals surface area contributed by atoms with Crippen LogP contribution in [0.5, 0.6) is 0 Å². The molecule has 3 heteroatoms. The Bertz CT molecular complexity index is 104. The monoisotopic (exact) mass is 211 g/mol. The van der Waals surface area contributed by atoms with E-state index in [1.165, 1.54) is 6.08 Å². The van der Waals surface area contributed by atoms with Gasteiger partial charge in [-0.15, -0.1) is 0 Å². The van der Waals surface area contributed by atoms with Crippen molar-refractivity contribution in [3.05, 3.63) is 9.66 Å². The van der Waals surface area contributed by atoms with Crippen molar-refractivity contribution in [1.82, 2.24) is 0 Å². The van der Waals surface area contributed by atoms with E-state index in [4.69, 9.17) is 5.73 Å². The molecule has 0 aliphatic heterocycles. The normalized spacial score (nSPS) is 11.4. The lowest BCUT2D eigenvalue weighted by molar-refractivity contribution is -0.113. The van der Waals surface area contributed by atoms with Gasteiger partial charge in [-0.3, -0.25) is 4.79 Å². The highest BCUT2D eigenvalue weighted by atomic mass is 127. The summed E-state index contributed by atoms with van der Waals surface area (Å²) in [5.74, 6) is -0.382. The fraction of sp³-hybridized carbons (Fsp3) is 0.250. The molecule has 7 heavy (non-hydrogen) atoms. The first-order valence-corrected chi connectivity index (χ1v) is 2.84. The third-order valence-electron chi connectivity index (χ3n) is 0.341. The van der Waals surface area contributed by atoms with Crippen LogP contribution in [0.2, 0.25) is 0 Å². The SMILES string of the molecule is C/C(I)=C\C(N)=O. The Morgan fingerprint density at radius 2 is 2.29 bits per heavy atom. The standard InChI is InChI=1S/C4H6INO/c1-3(5)2-4(6)7/h2H,1H3,(H2,6,7)/b3-2+. The Balaban J connectivity index is 3.68. The smallest absolute Gasteiger partial charge is 0.242 e. The first kappa shape index (κ1) is 6.94.